The monoisotopic (exact) mass is 331 g/mol. The van der Waals surface area contributed by atoms with Crippen LogP contribution in [0.15, 0.2) is 22.7 Å². The van der Waals surface area contributed by atoms with Gasteiger partial charge >= 0.3 is 0 Å². The molecule has 108 valence electrons. The van der Waals surface area contributed by atoms with E-state index in [2.05, 4.69) is 41.2 Å². The first-order valence-electron chi connectivity index (χ1n) is 6.46. The van der Waals surface area contributed by atoms with Crippen molar-refractivity contribution in [2.24, 2.45) is 0 Å². The number of ether oxygens (including phenoxy) is 2. The quantitative estimate of drug-likeness (QED) is 0.682. The van der Waals surface area contributed by atoms with Crippen molar-refractivity contribution >= 4 is 15.9 Å². The summed E-state index contributed by atoms with van der Waals surface area (Å²) in [6, 6.07) is 6.40. The molecule has 19 heavy (non-hydrogen) atoms. The van der Waals surface area contributed by atoms with Gasteiger partial charge in [-0.1, -0.05) is 29.8 Å². The maximum Gasteiger partial charge on any atom is 0.123 e. The van der Waals surface area contributed by atoms with Gasteiger partial charge in [0, 0.05) is 22.6 Å². The van der Waals surface area contributed by atoms with Crippen molar-refractivity contribution in [3.05, 3.63) is 28.2 Å². The highest BCUT2D eigenvalue weighted by molar-refractivity contribution is 9.10. The highest BCUT2D eigenvalue weighted by atomic mass is 79.9. The maximum atomic E-state index is 8.60. The second-order valence-corrected chi connectivity index (χ2v) is 5.39. The maximum absolute atomic E-state index is 8.60. The average molecular weight is 332 g/mol. The zero-order valence-electron chi connectivity index (χ0n) is 11.5. The lowest BCUT2D eigenvalue weighted by Crippen LogP contribution is -2.22. The molecular weight excluding hydrogens is 310 g/mol. The van der Waals surface area contributed by atoms with Gasteiger partial charge in [0.1, 0.15) is 12.4 Å². The van der Waals surface area contributed by atoms with E-state index in [9.17, 15) is 0 Å². The second-order valence-electron chi connectivity index (χ2n) is 4.47. The number of aliphatic hydroxyl groups is 1. The number of halogens is 1. The van der Waals surface area contributed by atoms with E-state index in [4.69, 9.17) is 14.6 Å². The number of nitrogens with one attached hydrogen (secondary N) is 1. The predicted molar refractivity (Wildman–Crippen MR) is 79.5 cm³/mol. The van der Waals surface area contributed by atoms with E-state index in [0.717, 1.165) is 22.3 Å². The molecule has 0 aromatic heterocycles. The molecule has 0 aliphatic heterocycles. The summed E-state index contributed by atoms with van der Waals surface area (Å²) < 4.78 is 11.9. The van der Waals surface area contributed by atoms with E-state index in [0.29, 0.717) is 25.9 Å². The highest BCUT2D eigenvalue weighted by Gasteiger charge is 2.05. The summed E-state index contributed by atoms with van der Waals surface area (Å²) in [5, 5.41) is 12.0. The minimum atomic E-state index is 0.0435. The van der Waals surface area contributed by atoms with E-state index in [1.165, 1.54) is 0 Å². The Kier molecular flexibility index (Phi) is 8.05. The lowest BCUT2D eigenvalue weighted by molar-refractivity contribution is 0.0703. The predicted octanol–water partition coefficient (Wildman–Crippen LogP) is 2.33. The van der Waals surface area contributed by atoms with Crippen LogP contribution in [0.4, 0.5) is 0 Å². The minimum Gasteiger partial charge on any atom is -0.491 e. The summed E-state index contributed by atoms with van der Waals surface area (Å²) in [6.07, 6.45) is 0. The molecule has 0 aliphatic rings. The van der Waals surface area contributed by atoms with Crippen LogP contribution in [0.5, 0.6) is 5.75 Å². The molecule has 0 saturated carbocycles. The lowest BCUT2D eigenvalue weighted by Gasteiger charge is -2.14. The molecule has 0 radical (unpaired) electrons. The third-order valence-electron chi connectivity index (χ3n) is 2.44. The van der Waals surface area contributed by atoms with Crippen molar-refractivity contribution in [2.75, 3.05) is 26.4 Å². The summed E-state index contributed by atoms with van der Waals surface area (Å²) in [4.78, 5) is 0. The van der Waals surface area contributed by atoms with E-state index in [1.54, 1.807) is 0 Å². The van der Waals surface area contributed by atoms with E-state index < -0.39 is 0 Å². The first-order chi connectivity index (χ1) is 9.13. The molecule has 0 bridgehead atoms. The Morgan fingerprint density at radius 1 is 1.26 bits per heavy atom. The molecule has 0 saturated heterocycles. The number of rotatable bonds is 9. The minimum absolute atomic E-state index is 0.0435. The van der Waals surface area contributed by atoms with Crippen LogP contribution in [0.25, 0.3) is 0 Å². The molecule has 0 unspecified atom stereocenters. The van der Waals surface area contributed by atoms with Crippen molar-refractivity contribution in [1.29, 1.82) is 0 Å². The zero-order valence-corrected chi connectivity index (χ0v) is 13.1. The van der Waals surface area contributed by atoms with Crippen LogP contribution >= 0.6 is 15.9 Å². The first kappa shape index (κ1) is 16.4. The fourth-order valence-corrected chi connectivity index (χ4v) is 1.93. The third-order valence-corrected chi connectivity index (χ3v) is 2.94. The normalized spacial score (nSPS) is 11.0. The van der Waals surface area contributed by atoms with Crippen LogP contribution in [0.3, 0.4) is 0 Å². The zero-order chi connectivity index (χ0) is 14.1. The Bertz CT molecular complexity index is 372. The number of aliphatic hydroxyl groups excluding tert-OH is 1. The van der Waals surface area contributed by atoms with Crippen molar-refractivity contribution in [2.45, 2.75) is 26.4 Å². The molecule has 0 aliphatic carbocycles. The Balaban J connectivity index is 2.50. The van der Waals surface area contributed by atoms with Gasteiger partial charge in [-0.3, -0.25) is 0 Å². The molecule has 1 aromatic rings. The molecule has 0 heterocycles. The van der Waals surface area contributed by atoms with Gasteiger partial charge in [0.05, 0.1) is 19.8 Å². The van der Waals surface area contributed by atoms with Crippen LogP contribution in [0.2, 0.25) is 0 Å². The lowest BCUT2D eigenvalue weighted by atomic mass is 10.2. The van der Waals surface area contributed by atoms with E-state index in [1.807, 2.05) is 12.1 Å². The van der Waals surface area contributed by atoms with Gasteiger partial charge in [0.25, 0.3) is 0 Å². The summed E-state index contributed by atoms with van der Waals surface area (Å²) in [7, 11) is 0. The molecule has 4 nitrogen and oxygen atoms in total. The SMILES string of the molecule is CC(C)NCc1cc(Br)ccc1OCCOCCO. The second kappa shape index (κ2) is 9.31. The smallest absolute Gasteiger partial charge is 0.123 e. The molecule has 1 aromatic carbocycles. The topological polar surface area (TPSA) is 50.7 Å². The molecule has 2 N–H and O–H groups in total. The average Bonchev–Trinajstić information content (AvgIpc) is 2.38. The van der Waals surface area contributed by atoms with Crippen LogP contribution < -0.4 is 10.1 Å². The first-order valence-corrected chi connectivity index (χ1v) is 7.26. The number of hydrogen-bond acceptors (Lipinski definition) is 4. The largest absolute Gasteiger partial charge is 0.491 e. The molecule has 5 heteroatoms. The van der Waals surface area contributed by atoms with Crippen LogP contribution in [-0.2, 0) is 11.3 Å². The Hall–Kier alpha value is -0.620. The van der Waals surface area contributed by atoms with Gasteiger partial charge in [0.2, 0.25) is 0 Å². The fourth-order valence-electron chi connectivity index (χ4n) is 1.52. The number of hydrogen-bond donors (Lipinski definition) is 2. The third kappa shape index (κ3) is 6.92. The van der Waals surface area contributed by atoms with Gasteiger partial charge in [-0.25, -0.2) is 0 Å². The van der Waals surface area contributed by atoms with E-state index >= 15 is 0 Å². The summed E-state index contributed by atoms with van der Waals surface area (Å²) >= 11 is 3.47. The van der Waals surface area contributed by atoms with Crippen LogP contribution in [-0.4, -0.2) is 37.6 Å². The van der Waals surface area contributed by atoms with E-state index in [-0.39, 0.29) is 6.61 Å². The fraction of sp³-hybridized carbons (Fsp3) is 0.571. The Labute approximate surface area is 123 Å². The highest BCUT2D eigenvalue weighted by Crippen LogP contribution is 2.23. The van der Waals surface area contributed by atoms with Gasteiger partial charge in [-0.15, -0.1) is 0 Å². The molecule has 0 amide bonds. The van der Waals surface area contributed by atoms with Gasteiger partial charge in [-0.05, 0) is 18.2 Å². The summed E-state index contributed by atoms with van der Waals surface area (Å²) in [5.74, 6) is 0.865. The Morgan fingerprint density at radius 2 is 2.05 bits per heavy atom. The van der Waals surface area contributed by atoms with Crippen molar-refractivity contribution in [3.8, 4) is 5.75 Å². The van der Waals surface area contributed by atoms with Crippen molar-refractivity contribution in [3.63, 3.8) is 0 Å². The van der Waals surface area contributed by atoms with Gasteiger partial charge in [0.15, 0.2) is 0 Å². The molecule has 0 fully saturated rings. The Morgan fingerprint density at radius 3 is 2.74 bits per heavy atom. The van der Waals surface area contributed by atoms with Crippen LogP contribution in [0.1, 0.15) is 19.4 Å². The van der Waals surface area contributed by atoms with Gasteiger partial charge < -0.3 is 19.9 Å². The standard InChI is InChI=1S/C14H22BrNO3/c1-11(2)16-10-12-9-13(15)3-4-14(12)19-8-7-18-6-5-17/h3-4,9,11,16-17H,5-8,10H2,1-2H3. The number of benzene rings is 1. The molecular formula is C14H22BrNO3. The molecule has 1 rings (SSSR count). The molecule has 0 spiro atoms. The molecule has 0 atom stereocenters. The van der Waals surface area contributed by atoms with Crippen LogP contribution in [0, 0.1) is 0 Å². The van der Waals surface area contributed by atoms with Crippen molar-refractivity contribution in [1.82, 2.24) is 5.32 Å². The summed E-state index contributed by atoms with van der Waals surface area (Å²) in [6.45, 7) is 6.35. The van der Waals surface area contributed by atoms with Crippen molar-refractivity contribution < 1.29 is 14.6 Å². The summed E-state index contributed by atoms with van der Waals surface area (Å²) in [5.41, 5.74) is 1.12. The van der Waals surface area contributed by atoms with Gasteiger partial charge in [-0.2, -0.15) is 0 Å².